The van der Waals surface area contributed by atoms with Gasteiger partial charge >= 0.3 is 0 Å². The normalized spacial score (nSPS) is 14.2. The zero-order chi connectivity index (χ0) is 20.5. The second-order valence-electron chi connectivity index (χ2n) is 6.45. The minimum absolute atomic E-state index is 0.186. The zero-order valence-corrected chi connectivity index (χ0v) is 17.5. The second-order valence-corrected chi connectivity index (χ2v) is 7.29. The highest BCUT2D eigenvalue weighted by Gasteiger charge is 2.15. The fourth-order valence-electron chi connectivity index (χ4n) is 2.76. The maximum absolute atomic E-state index is 12.1. The Morgan fingerprint density at radius 2 is 2.21 bits per heavy atom. The average molecular weight is 419 g/mol. The number of nitrogens with one attached hydrogen (secondary N) is 1. The Bertz CT molecular complexity index is 834. The van der Waals surface area contributed by atoms with Gasteiger partial charge in [0.1, 0.15) is 0 Å². The first-order valence-electron chi connectivity index (χ1n) is 9.59. The molecule has 9 heteroatoms. The van der Waals surface area contributed by atoms with Gasteiger partial charge in [-0.25, -0.2) is 10.4 Å². The van der Waals surface area contributed by atoms with Crippen LogP contribution in [0.25, 0.3) is 0 Å². The minimum Gasteiger partial charge on any atom is -0.493 e. The Morgan fingerprint density at radius 1 is 1.38 bits per heavy atom. The summed E-state index contributed by atoms with van der Waals surface area (Å²) in [6.45, 7) is 5.75. The van der Waals surface area contributed by atoms with E-state index in [1.54, 1.807) is 24.7 Å². The van der Waals surface area contributed by atoms with Gasteiger partial charge in [0.05, 0.1) is 45.3 Å². The molecular formula is C20H26N4O4S. The van der Waals surface area contributed by atoms with Crippen LogP contribution in [0.15, 0.2) is 28.7 Å². The van der Waals surface area contributed by atoms with Crippen molar-refractivity contribution < 1.29 is 19.0 Å². The number of benzene rings is 1. The van der Waals surface area contributed by atoms with E-state index in [1.807, 2.05) is 30.5 Å². The first-order valence-corrected chi connectivity index (χ1v) is 10.5. The van der Waals surface area contributed by atoms with Crippen LogP contribution in [0.3, 0.4) is 0 Å². The highest BCUT2D eigenvalue weighted by Crippen LogP contribution is 2.27. The molecule has 1 aromatic carbocycles. The molecule has 0 unspecified atom stereocenters. The number of thiazole rings is 1. The van der Waals surface area contributed by atoms with E-state index >= 15 is 0 Å². The van der Waals surface area contributed by atoms with Gasteiger partial charge < -0.3 is 19.1 Å². The number of carbonyl (C=O) groups excluding carboxylic acids is 1. The van der Waals surface area contributed by atoms with Gasteiger partial charge in [-0.2, -0.15) is 5.10 Å². The van der Waals surface area contributed by atoms with Crippen molar-refractivity contribution in [2.45, 2.75) is 19.8 Å². The molecular weight excluding hydrogens is 392 g/mol. The average Bonchev–Trinajstić information content (AvgIpc) is 3.21. The molecule has 1 N–H and O–H groups in total. The zero-order valence-electron chi connectivity index (χ0n) is 16.7. The number of aromatic nitrogens is 1. The predicted octanol–water partition coefficient (Wildman–Crippen LogP) is 2.47. The van der Waals surface area contributed by atoms with Crippen molar-refractivity contribution in [3.05, 3.63) is 34.8 Å². The second kappa shape index (κ2) is 10.8. The summed E-state index contributed by atoms with van der Waals surface area (Å²) in [4.78, 5) is 18.9. The van der Waals surface area contributed by atoms with Crippen LogP contribution in [-0.2, 0) is 16.0 Å². The Labute approximate surface area is 174 Å². The van der Waals surface area contributed by atoms with Crippen LogP contribution < -0.4 is 19.8 Å². The lowest BCUT2D eigenvalue weighted by Crippen LogP contribution is -2.36. The smallest absolute Gasteiger partial charge is 0.246 e. The highest BCUT2D eigenvalue weighted by molar-refractivity contribution is 7.13. The molecule has 1 aliphatic rings. The van der Waals surface area contributed by atoms with Crippen molar-refractivity contribution in [2.24, 2.45) is 5.10 Å². The molecule has 29 heavy (non-hydrogen) atoms. The van der Waals surface area contributed by atoms with Gasteiger partial charge in [-0.05, 0) is 30.2 Å². The molecule has 1 fully saturated rings. The Balaban J connectivity index is 1.51. The van der Waals surface area contributed by atoms with E-state index in [0.29, 0.717) is 31.3 Å². The van der Waals surface area contributed by atoms with Crippen LogP contribution in [0.4, 0.5) is 5.13 Å². The summed E-state index contributed by atoms with van der Waals surface area (Å²) in [5.74, 6) is 1.11. The SMILES string of the molecule is CCCOc1ccc(/C=N\NC(=O)Cc2csc(N3CCOCC3)n2)cc1OC. The minimum atomic E-state index is -0.213. The Hall–Kier alpha value is -2.65. The maximum atomic E-state index is 12.1. The number of methoxy groups -OCH3 is 1. The predicted molar refractivity (Wildman–Crippen MR) is 113 cm³/mol. The molecule has 2 heterocycles. The number of hydrogen-bond acceptors (Lipinski definition) is 8. The fraction of sp³-hybridized carbons (Fsp3) is 0.450. The lowest BCUT2D eigenvalue weighted by atomic mass is 10.2. The molecule has 3 rings (SSSR count). The Kier molecular flexibility index (Phi) is 7.83. The number of rotatable bonds is 9. The third kappa shape index (κ3) is 6.16. The molecule has 0 atom stereocenters. The first-order chi connectivity index (χ1) is 14.2. The monoisotopic (exact) mass is 418 g/mol. The molecule has 0 saturated carbocycles. The van der Waals surface area contributed by atoms with Crippen LogP contribution >= 0.6 is 11.3 Å². The number of hydrogen-bond donors (Lipinski definition) is 1. The topological polar surface area (TPSA) is 85.3 Å². The van der Waals surface area contributed by atoms with E-state index in [0.717, 1.165) is 35.9 Å². The van der Waals surface area contributed by atoms with E-state index in [9.17, 15) is 4.79 Å². The molecule has 156 valence electrons. The summed E-state index contributed by atoms with van der Waals surface area (Å²) in [5.41, 5.74) is 4.08. The van der Waals surface area contributed by atoms with Gasteiger partial charge in [-0.1, -0.05) is 6.92 Å². The van der Waals surface area contributed by atoms with Gasteiger partial charge in [0.15, 0.2) is 16.6 Å². The number of hydrazone groups is 1. The molecule has 8 nitrogen and oxygen atoms in total. The standard InChI is InChI=1S/C20H26N4O4S/c1-3-8-28-17-5-4-15(11-18(17)26-2)13-21-23-19(25)12-16-14-29-20(22-16)24-6-9-27-10-7-24/h4-5,11,13-14H,3,6-10,12H2,1-2H3,(H,23,25)/b21-13-. The summed E-state index contributed by atoms with van der Waals surface area (Å²) in [6, 6.07) is 5.51. The molecule has 1 aliphatic heterocycles. The van der Waals surface area contributed by atoms with Crippen LogP contribution in [0.2, 0.25) is 0 Å². The van der Waals surface area contributed by atoms with Crippen LogP contribution in [0.5, 0.6) is 11.5 Å². The lowest BCUT2D eigenvalue weighted by Gasteiger charge is -2.26. The molecule has 1 aromatic heterocycles. The van der Waals surface area contributed by atoms with E-state index in [4.69, 9.17) is 14.2 Å². The van der Waals surface area contributed by atoms with E-state index in [1.165, 1.54) is 0 Å². The van der Waals surface area contributed by atoms with E-state index in [2.05, 4.69) is 20.4 Å². The highest BCUT2D eigenvalue weighted by atomic mass is 32.1. The lowest BCUT2D eigenvalue weighted by molar-refractivity contribution is -0.120. The third-order valence-corrected chi connectivity index (χ3v) is 5.17. The molecule has 1 amide bonds. The van der Waals surface area contributed by atoms with Gasteiger partial charge in [0, 0.05) is 18.5 Å². The molecule has 0 radical (unpaired) electrons. The van der Waals surface area contributed by atoms with Crippen LogP contribution in [0, 0.1) is 0 Å². The summed E-state index contributed by atoms with van der Waals surface area (Å²) in [7, 11) is 1.59. The molecule has 2 aromatic rings. The summed E-state index contributed by atoms with van der Waals surface area (Å²) in [5, 5.41) is 6.87. The molecule has 0 aliphatic carbocycles. The molecule has 0 spiro atoms. The quantitative estimate of drug-likeness (QED) is 0.497. The van der Waals surface area contributed by atoms with Crippen molar-refractivity contribution in [1.82, 2.24) is 10.4 Å². The Morgan fingerprint density at radius 3 is 2.97 bits per heavy atom. The summed E-state index contributed by atoms with van der Waals surface area (Å²) >= 11 is 1.54. The molecule has 0 bridgehead atoms. The largest absolute Gasteiger partial charge is 0.493 e. The van der Waals surface area contributed by atoms with Crippen molar-refractivity contribution in [1.29, 1.82) is 0 Å². The number of amides is 1. The van der Waals surface area contributed by atoms with Gasteiger partial charge in [0.2, 0.25) is 5.91 Å². The van der Waals surface area contributed by atoms with Crippen LogP contribution in [0.1, 0.15) is 24.6 Å². The van der Waals surface area contributed by atoms with Crippen molar-refractivity contribution in [3.8, 4) is 11.5 Å². The molecule has 1 saturated heterocycles. The van der Waals surface area contributed by atoms with Crippen LogP contribution in [-0.4, -0.2) is 57.1 Å². The van der Waals surface area contributed by atoms with Gasteiger partial charge in [-0.15, -0.1) is 11.3 Å². The van der Waals surface area contributed by atoms with Crippen molar-refractivity contribution in [3.63, 3.8) is 0 Å². The summed E-state index contributed by atoms with van der Waals surface area (Å²) in [6.07, 6.45) is 2.68. The number of morpholine rings is 1. The fourth-order valence-corrected chi connectivity index (χ4v) is 3.64. The number of nitrogens with zero attached hydrogens (tertiary/aromatic N) is 3. The number of anilines is 1. The number of ether oxygens (including phenoxy) is 3. The van der Waals surface area contributed by atoms with Gasteiger partial charge in [-0.3, -0.25) is 4.79 Å². The maximum Gasteiger partial charge on any atom is 0.246 e. The van der Waals surface area contributed by atoms with E-state index < -0.39 is 0 Å². The van der Waals surface area contributed by atoms with Crippen molar-refractivity contribution in [2.75, 3.05) is 44.9 Å². The number of carbonyl (C=O) groups is 1. The third-order valence-electron chi connectivity index (χ3n) is 4.22. The van der Waals surface area contributed by atoms with Crippen molar-refractivity contribution >= 4 is 28.6 Å². The summed E-state index contributed by atoms with van der Waals surface area (Å²) < 4.78 is 16.3. The first kappa shape index (κ1) is 21.1. The van der Waals surface area contributed by atoms with Gasteiger partial charge in [0.25, 0.3) is 0 Å². The van der Waals surface area contributed by atoms with E-state index in [-0.39, 0.29) is 12.3 Å².